The summed E-state index contributed by atoms with van der Waals surface area (Å²) in [5, 5.41) is 0.755. The molecule has 0 atom stereocenters. The van der Waals surface area contributed by atoms with Gasteiger partial charge in [-0.15, -0.1) is 0 Å². The number of benzene rings is 1. The van der Waals surface area contributed by atoms with Gasteiger partial charge in [-0.25, -0.2) is 14.4 Å². The van der Waals surface area contributed by atoms with Crippen molar-refractivity contribution in [2.24, 2.45) is 0 Å². The quantitative estimate of drug-likeness (QED) is 0.640. The molecule has 1 aromatic carbocycles. The van der Waals surface area contributed by atoms with Crippen LogP contribution in [0.4, 0.5) is 10.2 Å². The smallest absolute Gasteiger partial charge is 0.190 e. The Bertz CT molecular complexity index is 630. The van der Waals surface area contributed by atoms with Gasteiger partial charge in [-0.3, -0.25) is 0 Å². The lowest BCUT2D eigenvalue weighted by molar-refractivity contribution is 0.122. The SMILES string of the molecule is Cc1cc(N2CCOCC2)nc(SCc2ccc(F)cc2)n1. The molecule has 1 aliphatic rings. The molecule has 0 spiro atoms. The van der Waals surface area contributed by atoms with Gasteiger partial charge >= 0.3 is 0 Å². The monoisotopic (exact) mass is 319 g/mol. The Hall–Kier alpha value is -1.66. The van der Waals surface area contributed by atoms with E-state index in [1.165, 1.54) is 12.1 Å². The molecule has 1 aromatic heterocycles. The van der Waals surface area contributed by atoms with Gasteiger partial charge in [0.15, 0.2) is 5.16 Å². The summed E-state index contributed by atoms with van der Waals surface area (Å²) in [5.74, 6) is 1.47. The molecule has 0 amide bonds. The fourth-order valence-corrected chi connectivity index (χ4v) is 3.13. The third-order valence-corrected chi connectivity index (χ3v) is 4.35. The van der Waals surface area contributed by atoms with E-state index in [1.54, 1.807) is 23.9 Å². The van der Waals surface area contributed by atoms with Gasteiger partial charge < -0.3 is 9.64 Å². The fourth-order valence-electron chi connectivity index (χ4n) is 2.27. The van der Waals surface area contributed by atoms with Gasteiger partial charge in [0.05, 0.1) is 13.2 Å². The highest BCUT2D eigenvalue weighted by Gasteiger charge is 2.14. The zero-order valence-corrected chi connectivity index (χ0v) is 13.3. The molecular weight excluding hydrogens is 301 g/mol. The first-order valence-electron chi connectivity index (χ1n) is 7.26. The molecular formula is C16H18FN3OS. The predicted octanol–water partition coefficient (Wildman–Crippen LogP) is 3.05. The largest absolute Gasteiger partial charge is 0.378 e. The standard InChI is InChI=1S/C16H18FN3OS/c1-12-10-15(20-6-8-21-9-7-20)19-16(18-12)22-11-13-2-4-14(17)5-3-13/h2-5,10H,6-9,11H2,1H3. The Balaban J connectivity index is 1.70. The number of nitrogens with zero attached hydrogens (tertiary/aromatic N) is 3. The fraction of sp³-hybridized carbons (Fsp3) is 0.375. The van der Waals surface area contributed by atoms with E-state index in [0.717, 1.165) is 54.3 Å². The maximum absolute atomic E-state index is 12.9. The van der Waals surface area contributed by atoms with E-state index in [0.29, 0.717) is 0 Å². The van der Waals surface area contributed by atoms with E-state index in [9.17, 15) is 4.39 Å². The van der Waals surface area contributed by atoms with E-state index in [2.05, 4.69) is 14.9 Å². The van der Waals surface area contributed by atoms with Crippen molar-refractivity contribution in [2.45, 2.75) is 17.8 Å². The van der Waals surface area contributed by atoms with E-state index in [1.807, 2.05) is 13.0 Å². The van der Waals surface area contributed by atoms with Crippen LogP contribution < -0.4 is 4.90 Å². The lowest BCUT2D eigenvalue weighted by Gasteiger charge is -2.28. The zero-order valence-electron chi connectivity index (χ0n) is 12.5. The van der Waals surface area contributed by atoms with Crippen LogP contribution in [0.3, 0.4) is 0 Å². The third kappa shape index (κ3) is 3.96. The highest BCUT2D eigenvalue weighted by Crippen LogP contribution is 2.23. The van der Waals surface area contributed by atoms with Crippen LogP contribution in [-0.4, -0.2) is 36.3 Å². The molecule has 0 unspecified atom stereocenters. The second-order valence-electron chi connectivity index (χ2n) is 5.16. The topological polar surface area (TPSA) is 38.2 Å². The van der Waals surface area contributed by atoms with Crippen LogP contribution in [0.25, 0.3) is 0 Å². The summed E-state index contributed by atoms with van der Waals surface area (Å²) in [6, 6.07) is 8.55. The summed E-state index contributed by atoms with van der Waals surface area (Å²) in [5.41, 5.74) is 2.02. The molecule has 2 heterocycles. The second kappa shape index (κ2) is 7.07. The molecule has 1 aliphatic heterocycles. The summed E-state index contributed by atoms with van der Waals surface area (Å²) < 4.78 is 18.3. The van der Waals surface area contributed by atoms with Crippen molar-refractivity contribution in [3.8, 4) is 0 Å². The van der Waals surface area contributed by atoms with Crippen molar-refractivity contribution in [1.82, 2.24) is 9.97 Å². The van der Waals surface area contributed by atoms with Crippen molar-refractivity contribution in [1.29, 1.82) is 0 Å². The van der Waals surface area contributed by atoms with Crippen molar-refractivity contribution >= 4 is 17.6 Å². The number of morpholine rings is 1. The van der Waals surface area contributed by atoms with Crippen molar-refractivity contribution in [3.63, 3.8) is 0 Å². The minimum atomic E-state index is -0.213. The minimum Gasteiger partial charge on any atom is -0.378 e. The number of ether oxygens (including phenoxy) is 1. The van der Waals surface area contributed by atoms with Gasteiger partial charge in [-0.2, -0.15) is 0 Å². The van der Waals surface area contributed by atoms with Crippen molar-refractivity contribution < 1.29 is 9.13 Å². The lowest BCUT2D eigenvalue weighted by Crippen LogP contribution is -2.36. The van der Waals surface area contributed by atoms with Crippen LogP contribution in [-0.2, 0) is 10.5 Å². The van der Waals surface area contributed by atoms with E-state index in [4.69, 9.17) is 4.74 Å². The van der Waals surface area contributed by atoms with Gasteiger partial charge in [0.25, 0.3) is 0 Å². The van der Waals surface area contributed by atoms with E-state index < -0.39 is 0 Å². The van der Waals surface area contributed by atoms with Crippen LogP contribution in [0.5, 0.6) is 0 Å². The summed E-state index contributed by atoms with van der Waals surface area (Å²) in [4.78, 5) is 11.3. The van der Waals surface area contributed by atoms with E-state index in [-0.39, 0.29) is 5.82 Å². The molecule has 3 rings (SSSR count). The average molecular weight is 319 g/mol. The molecule has 0 N–H and O–H groups in total. The Morgan fingerprint density at radius 3 is 2.64 bits per heavy atom. The Morgan fingerprint density at radius 1 is 1.18 bits per heavy atom. The molecule has 2 aromatic rings. The van der Waals surface area contributed by atoms with Gasteiger partial charge in [-0.05, 0) is 24.6 Å². The van der Waals surface area contributed by atoms with E-state index >= 15 is 0 Å². The Morgan fingerprint density at radius 2 is 1.91 bits per heavy atom. The van der Waals surface area contributed by atoms with Crippen LogP contribution in [0.2, 0.25) is 0 Å². The highest BCUT2D eigenvalue weighted by molar-refractivity contribution is 7.98. The molecule has 0 saturated carbocycles. The lowest BCUT2D eigenvalue weighted by atomic mass is 10.2. The average Bonchev–Trinajstić information content (AvgIpc) is 2.55. The van der Waals surface area contributed by atoms with Gasteiger partial charge in [0.2, 0.25) is 0 Å². The number of halogens is 1. The highest BCUT2D eigenvalue weighted by atomic mass is 32.2. The second-order valence-corrected chi connectivity index (χ2v) is 6.11. The molecule has 1 fully saturated rings. The number of hydrogen-bond acceptors (Lipinski definition) is 5. The summed E-state index contributed by atoms with van der Waals surface area (Å²) >= 11 is 1.57. The number of hydrogen-bond donors (Lipinski definition) is 0. The van der Waals surface area contributed by atoms with Crippen LogP contribution in [0, 0.1) is 12.7 Å². The molecule has 0 radical (unpaired) electrons. The first kappa shape index (κ1) is 15.2. The molecule has 4 nitrogen and oxygen atoms in total. The Kier molecular flexibility index (Phi) is 4.90. The normalized spacial score (nSPS) is 15.1. The number of rotatable bonds is 4. The van der Waals surface area contributed by atoms with Gasteiger partial charge in [0.1, 0.15) is 11.6 Å². The maximum Gasteiger partial charge on any atom is 0.190 e. The molecule has 0 aliphatic carbocycles. The van der Waals surface area contributed by atoms with Crippen molar-refractivity contribution in [3.05, 3.63) is 47.4 Å². The van der Waals surface area contributed by atoms with Crippen molar-refractivity contribution in [2.75, 3.05) is 31.2 Å². The maximum atomic E-state index is 12.9. The molecule has 6 heteroatoms. The first-order chi connectivity index (χ1) is 10.7. The minimum absolute atomic E-state index is 0.213. The number of thioether (sulfide) groups is 1. The summed E-state index contributed by atoms with van der Waals surface area (Å²) in [6.07, 6.45) is 0. The summed E-state index contributed by atoms with van der Waals surface area (Å²) in [7, 11) is 0. The number of anilines is 1. The van der Waals surface area contributed by atoms with Crippen LogP contribution in [0.1, 0.15) is 11.3 Å². The predicted molar refractivity (Wildman–Crippen MR) is 85.8 cm³/mol. The third-order valence-electron chi connectivity index (χ3n) is 3.44. The molecule has 22 heavy (non-hydrogen) atoms. The Labute approximate surface area is 133 Å². The van der Waals surface area contributed by atoms with Gasteiger partial charge in [-0.1, -0.05) is 23.9 Å². The zero-order chi connectivity index (χ0) is 15.4. The first-order valence-corrected chi connectivity index (χ1v) is 8.25. The number of aromatic nitrogens is 2. The van der Waals surface area contributed by atoms with Crippen LogP contribution >= 0.6 is 11.8 Å². The molecule has 116 valence electrons. The van der Waals surface area contributed by atoms with Crippen LogP contribution in [0.15, 0.2) is 35.5 Å². The summed E-state index contributed by atoms with van der Waals surface area (Å²) in [6.45, 7) is 5.17. The number of aryl methyl sites for hydroxylation is 1. The van der Waals surface area contributed by atoms with Gasteiger partial charge in [0, 0.05) is 30.6 Å². The molecule has 1 saturated heterocycles. The molecule has 0 bridgehead atoms.